The third-order valence-electron chi connectivity index (χ3n) is 2.11. The predicted octanol–water partition coefficient (Wildman–Crippen LogP) is 1.46. The zero-order valence-electron chi connectivity index (χ0n) is 8.80. The molecule has 1 unspecified atom stereocenters. The van der Waals surface area contributed by atoms with E-state index in [4.69, 9.17) is 9.47 Å². The van der Waals surface area contributed by atoms with Gasteiger partial charge in [-0.05, 0) is 5.92 Å². The summed E-state index contributed by atoms with van der Waals surface area (Å²) >= 11 is 0. The van der Waals surface area contributed by atoms with Gasteiger partial charge in [0.05, 0.1) is 0 Å². The van der Waals surface area contributed by atoms with Gasteiger partial charge < -0.3 is 9.47 Å². The Kier molecular flexibility index (Phi) is 27.2. The minimum absolute atomic E-state index is 0. The molecule has 2 radical (unpaired) electrons. The predicted molar refractivity (Wildman–Crippen MR) is 39.4 cm³/mol. The average Bonchev–Trinajstić information content (AvgIpc) is 1.95. The summed E-state index contributed by atoms with van der Waals surface area (Å²) in [7, 11) is 1.67. The first-order valence-electron chi connectivity index (χ1n) is 3.73. The number of rotatable bonds is 1. The van der Waals surface area contributed by atoms with Crippen LogP contribution in [0.15, 0.2) is 0 Å². The molecule has 0 aromatic rings. The molecule has 1 aliphatic rings. The summed E-state index contributed by atoms with van der Waals surface area (Å²) in [4.78, 5) is 0. The summed E-state index contributed by atoms with van der Waals surface area (Å²) in [6, 6.07) is 0. The van der Waals surface area contributed by atoms with E-state index in [0.717, 1.165) is 6.61 Å². The first-order valence-corrected chi connectivity index (χ1v) is 3.73. The molecule has 0 amide bonds. The largest absolute Gasteiger partial charge is 0.387 e. The van der Waals surface area contributed by atoms with E-state index < -0.39 is 0 Å². The Hall–Kier alpha value is 3.50. The zero-order valence-corrected chi connectivity index (χ0v) is 20.3. The molecule has 6 heteroatoms. The quantitative estimate of drug-likeness (QED) is 0.389. The van der Waals surface area contributed by atoms with Gasteiger partial charge in [-0.3, -0.25) is 6.42 Å². The maximum atomic E-state index is 5.33. The Bertz CT molecular complexity index is 120. The van der Waals surface area contributed by atoms with Crippen LogP contribution in [0.1, 0.15) is 13.8 Å². The molecular weight excluding hydrogens is 674 g/mol. The average molecular weight is 689 g/mol. The number of hydrogen-bond acceptors (Lipinski definition) is 2. The van der Waals surface area contributed by atoms with Crippen LogP contribution >= 0.6 is 0 Å². The Morgan fingerprint density at radius 2 is 1.71 bits per heavy atom. The fourth-order valence-corrected chi connectivity index (χ4v) is 1.04. The Balaban J connectivity index is -0.000000125. The van der Waals surface area contributed by atoms with Crippen molar-refractivity contribution < 1.29 is 117 Å². The van der Waals surface area contributed by atoms with Crippen molar-refractivity contribution in [1.82, 2.24) is 0 Å². The molecule has 1 rings (SSSR count). The zero-order chi connectivity index (χ0) is 7.56. The minimum Gasteiger partial charge on any atom is -0.387 e. The van der Waals surface area contributed by atoms with Crippen molar-refractivity contribution in [3.8, 4) is 0 Å². The number of hydrogen-bond donors (Lipinski definition) is 0. The summed E-state index contributed by atoms with van der Waals surface area (Å²) in [5, 5.41) is 0. The van der Waals surface area contributed by atoms with Gasteiger partial charge >= 0.3 is 0 Å². The van der Waals surface area contributed by atoms with Crippen molar-refractivity contribution in [2.75, 3.05) is 13.7 Å². The normalized spacial score (nSPS) is 29.8. The third kappa shape index (κ3) is 9.53. The van der Waals surface area contributed by atoms with Crippen LogP contribution in [0.3, 0.4) is 0 Å². The van der Waals surface area contributed by atoms with Gasteiger partial charge in [-0.25, -0.2) is 0 Å². The van der Waals surface area contributed by atoms with Gasteiger partial charge in [-0.15, -0.1) is 0 Å². The molecule has 1 aliphatic heterocycles. The molecule has 14 heavy (non-hydrogen) atoms. The van der Waals surface area contributed by atoms with Crippen molar-refractivity contribution in [3.63, 3.8) is 0 Å². The van der Waals surface area contributed by atoms with E-state index in [9.17, 15) is 0 Å². The van der Waals surface area contributed by atoms with E-state index in [2.05, 4.69) is 20.3 Å². The summed E-state index contributed by atoms with van der Waals surface area (Å²) in [6.07, 6.45) is 2.03. The van der Waals surface area contributed by atoms with E-state index >= 15 is 0 Å². The molecule has 0 aliphatic carbocycles. The van der Waals surface area contributed by atoms with E-state index in [0.29, 0.717) is 11.8 Å². The van der Waals surface area contributed by atoms with Crippen molar-refractivity contribution in [2.24, 2.45) is 11.8 Å². The maximum Gasteiger partial charge on any atom is 0.0467 e. The van der Waals surface area contributed by atoms with Gasteiger partial charge in [0.2, 0.25) is 0 Å². The first kappa shape index (κ1) is 26.1. The van der Waals surface area contributed by atoms with Gasteiger partial charge in [-0.2, -0.15) is 5.92 Å². The van der Waals surface area contributed by atoms with Crippen LogP contribution in [0, 0.1) is 18.3 Å². The molecular formula is C8H15O2W2Y2-. The fraction of sp³-hybridized carbons (Fsp3) is 0.875. The SMILES string of the molecule is CO[C@H]1[CH-]C(C)[C@@H](C)CO1.[W].[W].[Y].[Y]. The maximum absolute atomic E-state index is 5.33. The molecule has 0 saturated carbocycles. The summed E-state index contributed by atoms with van der Waals surface area (Å²) in [6.45, 7) is 5.20. The van der Waals surface area contributed by atoms with E-state index in [1.807, 2.05) is 0 Å². The van der Waals surface area contributed by atoms with E-state index in [1.54, 1.807) is 7.11 Å². The number of methoxy groups -OCH3 is 1. The topological polar surface area (TPSA) is 18.5 Å². The summed E-state index contributed by atoms with van der Waals surface area (Å²) in [5.74, 6) is 1.24. The smallest absolute Gasteiger partial charge is 0.0467 e. The second-order valence-electron chi connectivity index (χ2n) is 2.97. The molecule has 1 heterocycles. The van der Waals surface area contributed by atoms with Gasteiger partial charge in [0, 0.05) is 128 Å². The van der Waals surface area contributed by atoms with Crippen molar-refractivity contribution >= 4 is 0 Å². The molecule has 3 atom stereocenters. The van der Waals surface area contributed by atoms with Gasteiger partial charge in [0.25, 0.3) is 0 Å². The van der Waals surface area contributed by atoms with Crippen LogP contribution in [-0.2, 0) is 117 Å². The van der Waals surface area contributed by atoms with Gasteiger partial charge in [0.1, 0.15) is 0 Å². The molecule has 1 fully saturated rings. The summed E-state index contributed by atoms with van der Waals surface area (Å²) < 4.78 is 10.4. The van der Waals surface area contributed by atoms with E-state index in [-0.39, 0.29) is 114 Å². The second kappa shape index (κ2) is 14.6. The molecule has 0 N–H and O–H groups in total. The first-order chi connectivity index (χ1) is 4.74. The van der Waals surface area contributed by atoms with Crippen molar-refractivity contribution in [3.05, 3.63) is 6.42 Å². The monoisotopic (exact) mass is 689 g/mol. The van der Waals surface area contributed by atoms with Crippen molar-refractivity contribution in [1.29, 1.82) is 0 Å². The van der Waals surface area contributed by atoms with Crippen LogP contribution in [0.5, 0.6) is 0 Å². The van der Waals surface area contributed by atoms with Crippen LogP contribution in [0.2, 0.25) is 0 Å². The molecule has 0 aromatic carbocycles. The standard InChI is InChI=1S/C8H15O2.2W.2Y/c1-6-4-8(9-3)10-5-7(6)2;;;;/h4,6-8H,5H2,1-3H3;;;;/q-1;;;;/t6?,7-,8+;;;;/m0..../s1. The van der Waals surface area contributed by atoms with Gasteiger partial charge in [0.15, 0.2) is 0 Å². The van der Waals surface area contributed by atoms with Crippen LogP contribution in [-0.4, -0.2) is 20.0 Å². The molecule has 78 valence electrons. The van der Waals surface area contributed by atoms with Crippen molar-refractivity contribution in [2.45, 2.75) is 20.1 Å². The molecule has 1 saturated heterocycles. The molecule has 2 nitrogen and oxygen atoms in total. The van der Waals surface area contributed by atoms with Crippen LogP contribution < -0.4 is 0 Å². The number of ether oxygens (including phenoxy) is 2. The molecule has 0 bridgehead atoms. The fourth-order valence-electron chi connectivity index (χ4n) is 1.04. The molecule has 0 aromatic heterocycles. The minimum atomic E-state index is -0.0776. The molecule has 0 spiro atoms. The van der Waals surface area contributed by atoms with Crippen LogP contribution in [0.25, 0.3) is 0 Å². The Morgan fingerprint density at radius 1 is 1.21 bits per heavy atom. The van der Waals surface area contributed by atoms with Gasteiger partial charge in [-0.1, -0.05) is 13.8 Å². The van der Waals surface area contributed by atoms with Crippen LogP contribution in [0.4, 0.5) is 0 Å². The Labute approximate surface area is 166 Å². The van der Waals surface area contributed by atoms with E-state index in [1.165, 1.54) is 0 Å². The third-order valence-corrected chi connectivity index (χ3v) is 2.11. The second-order valence-corrected chi connectivity index (χ2v) is 2.97. The summed E-state index contributed by atoms with van der Waals surface area (Å²) in [5.41, 5.74) is 0. The Morgan fingerprint density at radius 3 is 2.07 bits per heavy atom.